The Morgan fingerprint density at radius 2 is 2.12 bits per heavy atom. The molecule has 0 radical (unpaired) electrons. The number of aromatic nitrogens is 2. The van der Waals surface area contributed by atoms with Crippen molar-refractivity contribution in [3.8, 4) is 5.75 Å². The minimum atomic E-state index is -1.13. The quantitative estimate of drug-likeness (QED) is 0.691. The highest BCUT2D eigenvalue weighted by Gasteiger charge is 2.22. The van der Waals surface area contributed by atoms with Gasteiger partial charge in [-0.3, -0.25) is 4.79 Å². The summed E-state index contributed by atoms with van der Waals surface area (Å²) in [5.41, 5.74) is 0.214. The van der Waals surface area contributed by atoms with Crippen LogP contribution >= 0.6 is 0 Å². The average Bonchev–Trinajstić information content (AvgIpc) is 3.02. The third kappa shape index (κ3) is 5.28. The summed E-state index contributed by atoms with van der Waals surface area (Å²) in [5.74, 6) is -0.643. The van der Waals surface area contributed by atoms with Crippen LogP contribution in [0.5, 0.6) is 5.75 Å². The number of hydrogen-bond donors (Lipinski definition) is 2. The summed E-state index contributed by atoms with van der Waals surface area (Å²) < 4.78 is 15.3. The highest BCUT2D eigenvalue weighted by Crippen LogP contribution is 2.19. The highest BCUT2D eigenvalue weighted by molar-refractivity contribution is 5.98. The molecule has 0 aliphatic rings. The third-order valence-electron chi connectivity index (χ3n) is 3.27. The van der Waals surface area contributed by atoms with Crippen LogP contribution in [0.25, 0.3) is 0 Å². The molecule has 9 nitrogen and oxygen atoms in total. The Balaban J connectivity index is 2.07. The van der Waals surface area contributed by atoms with Gasteiger partial charge in [0.05, 0.1) is 5.56 Å². The van der Waals surface area contributed by atoms with Gasteiger partial charge < -0.3 is 24.4 Å². The number of nitrogens with zero attached hydrogens (tertiary/aromatic N) is 2. The first kappa shape index (κ1) is 18.4. The van der Waals surface area contributed by atoms with Crippen LogP contribution < -0.4 is 10.1 Å². The number of para-hydroxylation sites is 1. The molecule has 1 amide bonds. The second-order valence-corrected chi connectivity index (χ2v) is 5.16. The molecule has 1 aromatic carbocycles. The summed E-state index contributed by atoms with van der Waals surface area (Å²) in [4.78, 5) is 27.7. The summed E-state index contributed by atoms with van der Waals surface area (Å²) >= 11 is 0. The molecule has 2 rings (SSSR count). The van der Waals surface area contributed by atoms with E-state index in [1.165, 1.54) is 7.11 Å². The number of carbonyl (C=O) groups excluding carboxylic acids is 1. The van der Waals surface area contributed by atoms with Crippen molar-refractivity contribution in [1.82, 2.24) is 15.5 Å². The van der Waals surface area contributed by atoms with E-state index < -0.39 is 17.9 Å². The fourth-order valence-corrected chi connectivity index (χ4v) is 2.05. The largest absolute Gasteiger partial charge is 0.485 e. The Bertz CT molecular complexity index is 730. The van der Waals surface area contributed by atoms with Crippen molar-refractivity contribution in [1.29, 1.82) is 0 Å². The molecule has 2 N–H and O–H groups in total. The number of ether oxygens (including phenoxy) is 2. The zero-order valence-corrected chi connectivity index (χ0v) is 13.9. The third-order valence-corrected chi connectivity index (χ3v) is 3.27. The van der Waals surface area contributed by atoms with Crippen LogP contribution in [0.4, 0.5) is 0 Å². The van der Waals surface area contributed by atoms with Crippen LogP contribution in [0, 0.1) is 6.92 Å². The van der Waals surface area contributed by atoms with Gasteiger partial charge in [-0.25, -0.2) is 4.79 Å². The number of aliphatic carboxylic acids is 1. The smallest absolute Gasteiger partial charge is 0.326 e. The minimum absolute atomic E-state index is 0.0215. The van der Waals surface area contributed by atoms with Gasteiger partial charge in [-0.05, 0) is 12.1 Å². The van der Waals surface area contributed by atoms with Crippen LogP contribution in [0.15, 0.2) is 28.8 Å². The summed E-state index contributed by atoms with van der Waals surface area (Å²) in [5, 5.41) is 15.4. The normalized spacial score (nSPS) is 11.8. The first-order valence-corrected chi connectivity index (χ1v) is 7.55. The fourth-order valence-electron chi connectivity index (χ4n) is 2.05. The number of aryl methyl sites for hydroxylation is 1. The number of benzene rings is 1. The van der Waals surface area contributed by atoms with Crippen molar-refractivity contribution in [3.63, 3.8) is 0 Å². The van der Waals surface area contributed by atoms with Gasteiger partial charge in [-0.15, -0.1) is 0 Å². The van der Waals surface area contributed by atoms with Crippen molar-refractivity contribution < 1.29 is 28.7 Å². The lowest BCUT2D eigenvalue weighted by molar-refractivity contribution is -0.139. The lowest BCUT2D eigenvalue weighted by atomic mass is 10.1. The fraction of sp³-hybridized carbons (Fsp3) is 0.375. The van der Waals surface area contributed by atoms with Crippen molar-refractivity contribution in [3.05, 3.63) is 41.5 Å². The van der Waals surface area contributed by atoms with Crippen LogP contribution in [0.1, 0.15) is 28.5 Å². The summed E-state index contributed by atoms with van der Waals surface area (Å²) in [6.45, 7) is 1.89. The predicted octanol–water partition coefficient (Wildman–Crippen LogP) is 1.18. The average molecular weight is 349 g/mol. The molecule has 0 saturated heterocycles. The van der Waals surface area contributed by atoms with E-state index in [2.05, 4.69) is 15.5 Å². The molecule has 0 aliphatic carbocycles. The number of carboxylic acid groups (broad SMARTS) is 1. The maximum atomic E-state index is 12.4. The molecule has 25 heavy (non-hydrogen) atoms. The number of hydrogen-bond acceptors (Lipinski definition) is 7. The van der Waals surface area contributed by atoms with Crippen molar-refractivity contribution >= 4 is 11.9 Å². The second-order valence-electron chi connectivity index (χ2n) is 5.16. The van der Waals surface area contributed by atoms with E-state index in [9.17, 15) is 14.7 Å². The topological polar surface area (TPSA) is 124 Å². The Morgan fingerprint density at radius 3 is 2.76 bits per heavy atom. The maximum Gasteiger partial charge on any atom is 0.326 e. The Kier molecular flexibility index (Phi) is 6.47. The number of carboxylic acids is 1. The summed E-state index contributed by atoms with van der Waals surface area (Å²) in [7, 11) is 1.46. The van der Waals surface area contributed by atoms with Crippen LogP contribution in [-0.2, 0) is 16.1 Å². The standard InChI is InChI=1S/C16H19N3O6/c1-10-17-14(19-25-10)9-24-13-6-4-3-5-11(13)15(20)18-12(16(21)22)7-8-23-2/h3-6,12H,7-9H2,1-2H3,(H,18,20)(H,21,22). The summed E-state index contributed by atoms with van der Waals surface area (Å²) in [6.07, 6.45) is 0.155. The van der Waals surface area contributed by atoms with Crippen molar-refractivity contribution in [2.45, 2.75) is 26.0 Å². The zero-order valence-electron chi connectivity index (χ0n) is 13.9. The van der Waals surface area contributed by atoms with E-state index in [0.29, 0.717) is 17.5 Å². The Hall–Kier alpha value is -2.94. The van der Waals surface area contributed by atoms with E-state index in [1.807, 2.05) is 0 Å². The molecular weight excluding hydrogens is 330 g/mol. The van der Waals surface area contributed by atoms with Gasteiger partial charge in [0.25, 0.3) is 5.91 Å². The molecule has 1 unspecified atom stereocenters. The predicted molar refractivity (Wildman–Crippen MR) is 85.2 cm³/mol. The molecular formula is C16H19N3O6. The summed E-state index contributed by atoms with van der Waals surface area (Å²) in [6, 6.07) is 5.45. The molecule has 0 spiro atoms. The Morgan fingerprint density at radius 1 is 1.36 bits per heavy atom. The minimum Gasteiger partial charge on any atom is -0.485 e. The van der Waals surface area contributed by atoms with E-state index in [0.717, 1.165) is 0 Å². The van der Waals surface area contributed by atoms with E-state index in [4.69, 9.17) is 14.0 Å². The number of carbonyl (C=O) groups is 2. The van der Waals surface area contributed by atoms with E-state index >= 15 is 0 Å². The van der Waals surface area contributed by atoms with Crippen molar-refractivity contribution in [2.24, 2.45) is 0 Å². The molecule has 0 aliphatic heterocycles. The van der Waals surface area contributed by atoms with E-state index in [-0.39, 0.29) is 25.2 Å². The van der Waals surface area contributed by atoms with E-state index in [1.54, 1.807) is 31.2 Å². The molecule has 1 aromatic heterocycles. The molecule has 134 valence electrons. The van der Waals surface area contributed by atoms with Gasteiger partial charge in [-0.1, -0.05) is 17.3 Å². The first-order chi connectivity index (χ1) is 12.0. The number of rotatable bonds is 9. The lowest BCUT2D eigenvalue weighted by Crippen LogP contribution is -2.41. The number of amides is 1. The van der Waals surface area contributed by atoms with Gasteiger partial charge >= 0.3 is 5.97 Å². The molecule has 9 heteroatoms. The number of nitrogens with one attached hydrogen (secondary N) is 1. The van der Waals surface area contributed by atoms with Crippen LogP contribution in [0.3, 0.4) is 0 Å². The van der Waals surface area contributed by atoms with Crippen LogP contribution in [0.2, 0.25) is 0 Å². The van der Waals surface area contributed by atoms with Gasteiger partial charge in [0, 0.05) is 27.1 Å². The lowest BCUT2D eigenvalue weighted by Gasteiger charge is -2.15. The zero-order chi connectivity index (χ0) is 18.2. The SMILES string of the molecule is COCCC(NC(=O)c1ccccc1OCc1noc(C)n1)C(=O)O. The molecule has 1 heterocycles. The highest BCUT2D eigenvalue weighted by atomic mass is 16.5. The molecule has 0 bridgehead atoms. The van der Waals surface area contributed by atoms with Gasteiger partial charge in [0.1, 0.15) is 11.8 Å². The monoisotopic (exact) mass is 349 g/mol. The Labute approximate surface area is 143 Å². The molecule has 0 fully saturated rings. The molecule has 1 atom stereocenters. The van der Waals surface area contributed by atoms with Gasteiger partial charge in [-0.2, -0.15) is 4.98 Å². The number of methoxy groups -OCH3 is 1. The van der Waals surface area contributed by atoms with Crippen LogP contribution in [-0.4, -0.2) is 46.9 Å². The van der Waals surface area contributed by atoms with Gasteiger partial charge in [0.2, 0.25) is 11.7 Å². The maximum absolute atomic E-state index is 12.4. The second kappa shape index (κ2) is 8.78. The van der Waals surface area contributed by atoms with Crippen molar-refractivity contribution in [2.75, 3.05) is 13.7 Å². The van der Waals surface area contributed by atoms with Gasteiger partial charge in [0.15, 0.2) is 6.61 Å². The molecule has 2 aromatic rings. The molecule has 0 saturated carbocycles. The first-order valence-electron chi connectivity index (χ1n) is 7.55.